The number of aromatic amines is 1. The van der Waals surface area contributed by atoms with E-state index >= 15 is 0 Å². The zero-order chi connectivity index (χ0) is 14.0. The topological polar surface area (TPSA) is 82.2 Å². The fourth-order valence-corrected chi connectivity index (χ4v) is 1.94. The Hall–Kier alpha value is -1.98. The first-order valence-corrected chi connectivity index (χ1v) is 5.91. The molecule has 1 aromatic carbocycles. The molecule has 1 heterocycles. The second kappa shape index (κ2) is 5.34. The Bertz CT molecular complexity index is 698. The maximum absolute atomic E-state index is 11.9. The van der Waals surface area contributed by atoms with Gasteiger partial charge < -0.3 is 15.4 Å². The summed E-state index contributed by atoms with van der Waals surface area (Å²) in [6.45, 7) is 0. The van der Waals surface area contributed by atoms with E-state index in [9.17, 15) is 14.7 Å². The summed E-state index contributed by atoms with van der Waals surface area (Å²) in [4.78, 5) is 25.7. The van der Waals surface area contributed by atoms with Crippen LogP contribution < -0.4 is 10.9 Å². The number of nitrogens with one attached hydrogen (secondary N) is 2. The minimum absolute atomic E-state index is 0.00442. The largest absolute Gasteiger partial charge is 0.504 e. The number of halogens is 2. The second-order valence-electron chi connectivity index (χ2n) is 3.65. The first kappa shape index (κ1) is 13.5. The Balaban J connectivity index is 2.35. The van der Waals surface area contributed by atoms with Crippen LogP contribution in [0.4, 0.5) is 5.69 Å². The van der Waals surface area contributed by atoms with Gasteiger partial charge in [0, 0.05) is 11.2 Å². The quantitative estimate of drug-likeness (QED) is 0.745. The molecule has 98 valence electrons. The summed E-state index contributed by atoms with van der Waals surface area (Å²) in [5.41, 5.74) is -0.587. The van der Waals surface area contributed by atoms with Crippen LogP contribution in [0.25, 0.3) is 0 Å². The molecule has 0 aliphatic rings. The van der Waals surface area contributed by atoms with Crippen molar-refractivity contribution in [3.05, 3.63) is 56.4 Å². The molecule has 19 heavy (non-hydrogen) atoms. The van der Waals surface area contributed by atoms with E-state index in [-0.39, 0.29) is 27.0 Å². The molecule has 2 aromatic rings. The lowest BCUT2D eigenvalue weighted by atomic mass is 10.2. The third kappa shape index (κ3) is 2.89. The highest BCUT2D eigenvalue weighted by molar-refractivity contribution is 6.36. The summed E-state index contributed by atoms with van der Waals surface area (Å²) in [7, 11) is 0. The highest BCUT2D eigenvalue weighted by atomic mass is 35.5. The highest BCUT2D eigenvalue weighted by Crippen LogP contribution is 2.35. The fraction of sp³-hybridized carbons (Fsp3) is 0. The first-order chi connectivity index (χ1) is 8.99. The van der Waals surface area contributed by atoms with E-state index < -0.39 is 11.5 Å². The molecule has 3 N–H and O–H groups in total. The molecule has 0 bridgehead atoms. The van der Waals surface area contributed by atoms with Crippen molar-refractivity contribution in [2.75, 3.05) is 5.32 Å². The van der Waals surface area contributed by atoms with Crippen LogP contribution in [-0.4, -0.2) is 16.0 Å². The summed E-state index contributed by atoms with van der Waals surface area (Å²) >= 11 is 11.5. The van der Waals surface area contributed by atoms with E-state index in [1.165, 1.54) is 30.5 Å². The minimum Gasteiger partial charge on any atom is -0.504 e. The molecule has 5 nitrogen and oxygen atoms in total. The van der Waals surface area contributed by atoms with E-state index in [2.05, 4.69) is 10.3 Å². The van der Waals surface area contributed by atoms with Crippen LogP contribution in [0, 0.1) is 0 Å². The second-order valence-corrected chi connectivity index (χ2v) is 4.49. The predicted molar refractivity (Wildman–Crippen MR) is 73.1 cm³/mol. The molecule has 0 fully saturated rings. The summed E-state index contributed by atoms with van der Waals surface area (Å²) in [5, 5.41) is 12.3. The number of hydrogen-bond donors (Lipinski definition) is 3. The van der Waals surface area contributed by atoms with Crippen molar-refractivity contribution in [2.24, 2.45) is 0 Å². The molecular weight excluding hydrogens is 291 g/mol. The molecule has 0 saturated heterocycles. The van der Waals surface area contributed by atoms with Crippen LogP contribution in [0.3, 0.4) is 0 Å². The van der Waals surface area contributed by atoms with Crippen molar-refractivity contribution < 1.29 is 9.90 Å². The SMILES string of the molecule is O=C(Nc1cc(Cl)cc(Cl)c1O)c1ccc[nH]c1=O. The van der Waals surface area contributed by atoms with E-state index in [0.717, 1.165) is 0 Å². The normalized spacial score (nSPS) is 10.2. The number of phenolic OH excluding ortho intramolecular Hbond substituents is 1. The highest BCUT2D eigenvalue weighted by Gasteiger charge is 2.14. The molecule has 7 heteroatoms. The lowest BCUT2D eigenvalue weighted by Crippen LogP contribution is -2.22. The third-order valence-electron chi connectivity index (χ3n) is 2.34. The number of hydrogen-bond acceptors (Lipinski definition) is 3. The summed E-state index contributed by atoms with van der Waals surface area (Å²) < 4.78 is 0. The van der Waals surface area contributed by atoms with Crippen LogP contribution >= 0.6 is 23.2 Å². The number of rotatable bonds is 2. The molecule has 1 amide bonds. The number of aromatic nitrogens is 1. The van der Waals surface area contributed by atoms with Gasteiger partial charge in [0.25, 0.3) is 11.5 Å². The average Bonchev–Trinajstić information content (AvgIpc) is 2.35. The van der Waals surface area contributed by atoms with E-state index in [4.69, 9.17) is 23.2 Å². The third-order valence-corrected chi connectivity index (χ3v) is 2.85. The zero-order valence-corrected chi connectivity index (χ0v) is 10.9. The van der Waals surface area contributed by atoms with Gasteiger partial charge in [-0.15, -0.1) is 0 Å². The van der Waals surface area contributed by atoms with Crippen molar-refractivity contribution >= 4 is 34.8 Å². The number of H-pyrrole nitrogens is 1. The Labute approximate surface area is 117 Å². The molecule has 0 atom stereocenters. The Morgan fingerprint density at radius 3 is 2.74 bits per heavy atom. The van der Waals surface area contributed by atoms with Crippen LogP contribution in [-0.2, 0) is 0 Å². The van der Waals surface area contributed by atoms with Gasteiger partial charge >= 0.3 is 0 Å². The van der Waals surface area contributed by atoms with Crippen molar-refractivity contribution in [1.82, 2.24) is 4.98 Å². The van der Waals surface area contributed by atoms with Crippen molar-refractivity contribution in [2.45, 2.75) is 0 Å². The standard InChI is InChI=1S/C12H8Cl2N2O3/c13-6-4-8(14)10(17)9(5-6)16-12(19)7-2-1-3-15-11(7)18/h1-5,17H,(H,15,18)(H,16,19). The van der Waals surface area contributed by atoms with Crippen LogP contribution in [0.2, 0.25) is 10.0 Å². The van der Waals surface area contributed by atoms with Gasteiger partial charge in [0.1, 0.15) is 5.56 Å². The fourth-order valence-electron chi connectivity index (χ4n) is 1.45. The first-order valence-electron chi connectivity index (χ1n) is 5.16. The number of carbonyl (C=O) groups is 1. The molecule has 0 unspecified atom stereocenters. The molecule has 1 aromatic heterocycles. The molecule has 0 aliphatic carbocycles. The number of carbonyl (C=O) groups excluding carboxylic acids is 1. The van der Waals surface area contributed by atoms with Crippen molar-refractivity contribution in [1.29, 1.82) is 0 Å². The Morgan fingerprint density at radius 1 is 1.32 bits per heavy atom. The summed E-state index contributed by atoms with van der Waals surface area (Å²) in [6, 6.07) is 5.54. The number of benzene rings is 1. The lowest BCUT2D eigenvalue weighted by Gasteiger charge is -2.08. The summed E-state index contributed by atoms with van der Waals surface area (Å²) in [6.07, 6.45) is 1.41. The maximum Gasteiger partial charge on any atom is 0.261 e. The molecule has 0 radical (unpaired) electrons. The summed E-state index contributed by atoms with van der Waals surface area (Å²) in [5.74, 6) is -0.984. The van der Waals surface area contributed by atoms with Gasteiger partial charge in [-0.3, -0.25) is 9.59 Å². The molecule has 0 spiro atoms. The van der Waals surface area contributed by atoms with Gasteiger partial charge in [-0.25, -0.2) is 0 Å². The monoisotopic (exact) mass is 298 g/mol. The zero-order valence-electron chi connectivity index (χ0n) is 9.41. The lowest BCUT2D eigenvalue weighted by molar-refractivity contribution is 0.102. The maximum atomic E-state index is 11.9. The van der Waals surface area contributed by atoms with Crippen LogP contribution in [0.15, 0.2) is 35.3 Å². The van der Waals surface area contributed by atoms with Gasteiger partial charge in [-0.2, -0.15) is 0 Å². The van der Waals surface area contributed by atoms with Crippen LogP contribution in [0.1, 0.15) is 10.4 Å². The molecule has 0 aliphatic heterocycles. The van der Waals surface area contributed by atoms with Crippen LogP contribution in [0.5, 0.6) is 5.75 Å². The number of anilines is 1. The van der Waals surface area contributed by atoms with Crippen molar-refractivity contribution in [3.8, 4) is 5.75 Å². The Kier molecular flexibility index (Phi) is 3.78. The molecule has 2 rings (SSSR count). The number of amides is 1. The smallest absolute Gasteiger partial charge is 0.261 e. The molecule has 0 saturated carbocycles. The number of pyridine rings is 1. The molecular formula is C12H8Cl2N2O3. The van der Waals surface area contributed by atoms with Gasteiger partial charge in [-0.1, -0.05) is 23.2 Å². The average molecular weight is 299 g/mol. The van der Waals surface area contributed by atoms with Gasteiger partial charge in [0.05, 0.1) is 10.7 Å². The van der Waals surface area contributed by atoms with Gasteiger partial charge in [0.15, 0.2) is 5.75 Å². The minimum atomic E-state index is -0.671. The Morgan fingerprint density at radius 2 is 2.05 bits per heavy atom. The number of phenols is 1. The van der Waals surface area contributed by atoms with E-state index in [1.54, 1.807) is 0 Å². The van der Waals surface area contributed by atoms with Crippen molar-refractivity contribution in [3.63, 3.8) is 0 Å². The van der Waals surface area contributed by atoms with Gasteiger partial charge in [-0.05, 0) is 24.3 Å². The number of aromatic hydroxyl groups is 1. The van der Waals surface area contributed by atoms with Gasteiger partial charge in [0.2, 0.25) is 0 Å². The van der Waals surface area contributed by atoms with E-state index in [0.29, 0.717) is 0 Å². The van der Waals surface area contributed by atoms with E-state index in [1.807, 2.05) is 0 Å². The predicted octanol–water partition coefficient (Wildman–Crippen LogP) is 2.64.